The maximum Gasteiger partial charge on any atom is 0.407 e. The minimum absolute atomic E-state index is 0.118. The summed E-state index contributed by atoms with van der Waals surface area (Å²) in [6.07, 6.45) is -0.902. The fourth-order valence-electron chi connectivity index (χ4n) is 2.48. The molecule has 1 aromatic rings. The van der Waals surface area contributed by atoms with Gasteiger partial charge >= 0.3 is 12.2 Å². The summed E-state index contributed by atoms with van der Waals surface area (Å²) in [5.41, 5.74) is 0.887. The number of benzene rings is 1. The Hall–Kier alpha value is -2.77. The molecule has 2 rings (SSSR count). The van der Waals surface area contributed by atoms with E-state index in [0.717, 1.165) is 5.56 Å². The number of hydrogen-bond donors (Lipinski definition) is 3. The molecule has 1 aromatic carbocycles. The van der Waals surface area contributed by atoms with Gasteiger partial charge < -0.3 is 25.4 Å². The second kappa shape index (κ2) is 8.76. The van der Waals surface area contributed by atoms with Crippen LogP contribution < -0.4 is 10.6 Å². The summed E-state index contributed by atoms with van der Waals surface area (Å²) in [5.74, 6) is -0.118. The number of amides is 3. The summed E-state index contributed by atoms with van der Waals surface area (Å²) in [6, 6.07) is 9.08. The summed E-state index contributed by atoms with van der Waals surface area (Å²) in [6.45, 7) is 1.24. The van der Waals surface area contributed by atoms with Gasteiger partial charge in [-0.1, -0.05) is 30.3 Å². The largest absolute Gasteiger partial charge is 0.465 e. The average molecular weight is 335 g/mol. The number of likely N-dealkylation sites (tertiary alicyclic amines) is 1. The van der Waals surface area contributed by atoms with Crippen LogP contribution in [-0.4, -0.2) is 53.8 Å². The molecule has 0 aromatic heterocycles. The topological polar surface area (TPSA) is 108 Å². The summed E-state index contributed by atoms with van der Waals surface area (Å²) in [4.78, 5) is 35.7. The Kier molecular flexibility index (Phi) is 6.41. The van der Waals surface area contributed by atoms with Crippen molar-refractivity contribution in [2.24, 2.45) is 0 Å². The molecular weight excluding hydrogens is 314 g/mol. The number of ether oxygens (including phenoxy) is 1. The highest BCUT2D eigenvalue weighted by Gasteiger charge is 2.26. The van der Waals surface area contributed by atoms with Crippen LogP contribution in [0.4, 0.5) is 9.59 Å². The fraction of sp³-hybridized carbons (Fsp3) is 0.438. The van der Waals surface area contributed by atoms with Gasteiger partial charge in [-0.05, 0) is 12.0 Å². The Balaban J connectivity index is 1.60. The molecule has 130 valence electrons. The van der Waals surface area contributed by atoms with Gasteiger partial charge in [0.25, 0.3) is 0 Å². The first-order chi connectivity index (χ1) is 11.5. The standard InChI is InChI=1S/C16H21N3O5/c20-14(19-9-7-13(10-19)18-15(21)22)6-8-17-16(23)24-11-12-4-2-1-3-5-12/h1-5,13,18H,6-11H2,(H,17,23)(H,21,22). The smallest absolute Gasteiger partial charge is 0.407 e. The van der Waals surface area contributed by atoms with Crippen LogP contribution in [0.3, 0.4) is 0 Å². The molecular formula is C16H21N3O5. The molecule has 1 heterocycles. The van der Waals surface area contributed by atoms with E-state index >= 15 is 0 Å². The lowest BCUT2D eigenvalue weighted by molar-refractivity contribution is -0.130. The SMILES string of the molecule is O=C(O)NC1CCN(C(=O)CCNC(=O)OCc2ccccc2)C1. The Labute approximate surface area is 139 Å². The third-order valence-electron chi connectivity index (χ3n) is 3.69. The van der Waals surface area contributed by atoms with Gasteiger partial charge in [-0.3, -0.25) is 4.79 Å². The number of rotatable bonds is 6. The molecule has 1 fully saturated rings. The Morgan fingerprint density at radius 3 is 2.71 bits per heavy atom. The zero-order chi connectivity index (χ0) is 17.4. The number of alkyl carbamates (subject to hydrolysis) is 1. The molecule has 1 saturated heterocycles. The van der Waals surface area contributed by atoms with Crippen molar-refractivity contribution in [3.63, 3.8) is 0 Å². The Morgan fingerprint density at radius 2 is 2.00 bits per heavy atom. The van der Waals surface area contributed by atoms with Crippen LogP contribution in [0.25, 0.3) is 0 Å². The van der Waals surface area contributed by atoms with Crippen LogP contribution in [0.1, 0.15) is 18.4 Å². The predicted octanol–water partition coefficient (Wildman–Crippen LogP) is 1.17. The summed E-state index contributed by atoms with van der Waals surface area (Å²) in [5, 5.41) is 13.6. The third-order valence-corrected chi connectivity index (χ3v) is 3.69. The van der Waals surface area contributed by atoms with Gasteiger partial charge in [-0.25, -0.2) is 9.59 Å². The highest BCUT2D eigenvalue weighted by molar-refractivity contribution is 5.77. The Morgan fingerprint density at radius 1 is 1.25 bits per heavy atom. The highest BCUT2D eigenvalue weighted by atomic mass is 16.5. The first-order valence-corrected chi connectivity index (χ1v) is 7.76. The van der Waals surface area contributed by atoms with Crippen molar-refractivity contribution in [3.05, 3.63) is 35.9 Å². The minimum atomic E-state index is -1.09. The summed E-state index contributed by atoms with van der Waals surface area (Å²) in [7, 11) is 0. The van der Waals surface area contributed by atoms with Crippen molar-refractivity contribution < 1.29 is 24.2 Å². The van der Waals surface area contributed by atoms with Crippen LogP contribution >= 0.6 is 0 Å². The third kappa shape index (κ3) is 5.79. The number of nitrogens with zero attached hydrogens (tertiary/aromatic N) is 1. The molecule has 3 amide bonds. The van der Waals surface area contributed by atoms with Gasteiger partial charge in [0, 0.05) is 26.1 Å². The molecule has 0 radical (unpaired) electrons. The second-order valence-electron chi connectivity index (χ2n) is 5.51. The van der Waals surface area contributed by atoms with E-state index < -0.39 is 12.2 Å². The van der Waals surface area contributed by atoms with Crippen molar-refractivity contribution in [3.8, 4) is 0 Å². The van der Waals surface area contributed by atoms with Gasteiger partial charge in [0.1, 0.15) is 6.61 Å². The first kappa shape index (κ1) is 17.6. The van der Waals surface area contributed by atoms with Gasteiger partial charge in [-0.15, -0.1) is 0 Å². The summed E-state index contributed by atoms with van der Waals surface area (Å²) >= 11 is 0. The lowest BCUT2D eigenvalue weighted by Gasteiger charge is -2.16. The maximum absolute atomic E-state index is 12.0. The van der Waals surface area contributed by atoms with E-state index in [-0.39, 0.29) is 31.5 Å². The highest BCUT2D eigenvalue weighted by Crippen LogP contribution is 2.10. The molecule has 1 unspecified atom stereocenters. The number of nitrogens with one attached hydrogen (secondary N) is 2. The van der Waals surface area contributed by atoms with Crippen molar-refractivity contribution >= 4 is 18.1 Å². The molecule has 8 nitrogen and oxygen atoms in total. The molecule has 3 N–H and O–H groups in total. The van der Waals surface area contributed by atoms with Crippen LogP contribution in [0.5, 0.6) is 0 Å². The summed E-state index contributed by atoms with van der Waals surface area (Å²) < 4.78 is 5.05. The van der Waals surface area contributed by atoms with Crippen molar-refractivity contribution in [2.75, 3.05) is 19.6 Å². The van der Waals surface area contributed by atoms with Crippen molar-refractivity contribution in [1.82, 2.24) is 15.5 Å². The zero-order valence-electron chi connectivity index (χ0n) is 13.2. The Bertz CT molecular complexity index is 578. The van der Waals surface area contributed by atoms with Gasteiger partial charge in [-0.2, -0.15) is 0 Å². The molecule has 24 heavy (non-hydrogen) atoms. The van der Waals surface area contributed by atoms with Crippen molar-refractivity contribution in [1.29, 1.82) is 0 Å². The number of carbonyl (C=O) groups is 3. The van der Waals surface area contributed by atoms with Crippen LogP contribution in [0, 0.1) is 0 Å². The molecule has 1 atom stereocenters. The van der Waals surface area contributed by atoms with Crippen molar-refractivity contribution in [2.45, 2.75) is 25.5 Å². The molecule has 8 heteroatoms. The van der Waals surface area contributed by atoms with Gasteiger partial charge in [0.05, 0.1) is 6.04 Å². The molecule has 1 aliphatic rings. The second-order valence-corrected chi connectivity index (χ2v) is 5.51. The molecule has 0 bridgehead atoms. The van der Waals surface area contributed by atoms with E-state index in [1.807, 2.05) is 30.3 Å². The van der Waals surface area contributed by atoms with Crippen LogP contribution in [0.2, 0.25) is 0 Å². The van der Waals surface area contributed by atoms with Crippen LogP contribution in [-0.2, 0) is 16.1 Å². The number of carbonyl (C=O) groups excluding carboxylic acids is 2. The zero-order valence-corrected chi connectivity index (χ0v) is 13.2. The van der Waals surface area contributed by atoms with Gasteiger partial charge in [0.2, 0.25) is 5.91 Å². The molecule has 0 spiro atoms. The monoisotopic (exact) mass is 335 g/mol. The van der Waals surface area contributed by atoms with E-state index in [4.69, 9.17) is 9.84 Å². The number of carboxylic acid groups (broad SMARTS) is 1. The quantitative estimate of drug-likeness (QED) is 0.723. The van der Waals surface area contributed by atoms with Gasteiger partial charge in [0.15, 0.2) is 0 Å². The van der Waals surface area contributed by atoms with E-state index in [1.54, 1.807) is 4.90 Å². The fourth-order valence-corrected chi connectivity index (χ4v) is 2.48. The normalized spacial score (nSPS) is 16.5. The predicted molar refractivity (Wildman–Crippen MR) is 85.4 cm³/mol. The lowest BCUT2D eigenvalue weighted by atomic mass is 10.2. The van der Waals surface area contributed by atoms with E-state index in [1.165, 1.54) is 0 Å². The lowest BCUT2D eigenvalue weighted by Crippen LogP contribution is -2.38. The minimum Gasteiger partial charge on any atom is -0.465 e. The molecule has 1 aliphatic heterocycles. The van der Waals surface area contributed by atoms with E-state index in [0.29, 0.717) is 19.5 Å². The number of hydrogen-bond acceptors (Lipinski definition) is 4. The molecule has 0 saturated carbocycles. The van der Waals surface area contributed by atoms with E-state index in [2.05, 4.69) is 10.6 Å². The van der Waals surface area contributed by atoms with E-state index in [9.17, 15) is 14.4 Å². The van der Waals surface area contributed by atoms with Crippen LogP contribution in [0.15, 0.2) is 30.3 Å². The average Bonchev–Trinajstić information content (AvgIpc) is 3.01. The first-order valence-electron chi connectivity index (χ1n) is 7.76. The maximum atomic E-state index is 12.0. The molecule has 0 aliphatic carbocycles.